The molecule has 11 nitrogen and oxygen atoms in total. The van der Waals surface area contributed by atoms with Gasteiger partial charge in [-0.15, -0.1) is 10.1 Å². The molecule has 12 heteroatoms. The summed E-state index contributed by atoms with van der Waals surface area (Å²) in [6.07, 6.45) is 7.07. The summed E-state index contributed by atoms with van der Waals surface area (Å²) < 4.78 is 25.9. The third-order valence-corrected chi connectivity index (χ3v) is 1.97. The number of carbonyl (C=O) groups is 1. The molecular weight excluding hydrogens is 320 g/mol. The first-order chi connectivity index (χ1) is 10.1. The van der Waals surface area contributed by atoms with E-state index in [2.05, 4.69) is 4.84 Å². The largest absolute Gasteiger partial charge is 0.371 e. The van der Waals surface area contributed by atoms with E-state index in [1.807, 2.05) is 5.32 Å². The molecule has 0 aromatic heterocycles. The lowest BCUT2D eigenvalue weighted by Gasteiger charge is -2.21. The van der Waals surface area contributed by atoms with Crippen LogP contribution in [0.25, 0.3) is 0 Å². The number of rotatable bonds is 5. The van der Waals surface area contributed by atoms with Crippen LogP contribution >= 0.6 is 0 Å². The SMILES string of the molecule is CS(=O)(=O)O.N#CNC(=O)C1=CN(CCO[N+](=O)[O-])CC=C1. The van der Waals surface area contributed by atoms with Gasteiger partial charge in [0, 0.05) is 19.3 Å². The highest BCUT2D eigenvalue weighted by molar-refractivity contribution is 7.85. The van der Waals surface area contributed by atoms with Crippen molar-refractivity contribution in [3.8, 4) is 6.19 Å². The number of nitrogens with one attached hydrogen (secondary N) is 1. The van der Waals surface area contributed by atoms with Crippen LogP contribution in [0, 0.1) is 21.6 Å². The Hall–Kier alpha value is -2.65. The topological polar surface area (TPSA) is 163 Å². The number of amides is 1. The molecule has 0 saturated heterocycles. The lowest BCUT2D eigenvalue weighted by atomic mass is 10.2. The molecule has 1 rings (SSSR count). The molecule has 0 atom stereocenters. The van der Waals surface area contributed by atoms with Crippen LogP contribution in [0.15, 0.2) is 23.9 Å². The van der Waals surface area contributed by atoms with E-state index < -0.39 is 21.1 Å². The number of hydrogen-bond acceptors (Lipinski definition) is 8. The van der Waals surface area contributed by atoms with Crippen LogP contribution < -0.4 is 5.32 Å². The summed E-state index contributed by atoms with van der Waals surface area (Å²) in [5, 5.41) is 19.4. The average molecular weight is 334 g/mol. The first-order valence-corrected chi connectivity index (χ1v) is 7.50. The van der Waals surface area contributed by atoms with E-state index in [0.29, 0.717) is 18.4 Å². The second-order valence-corrected chi connectivity index (χ2v) is 5.30. The zero-order valence-corrected chi connectivity index (χ0v) is 12.3. The average Bonchev–Trinajstić information content (AvgIpc) is 2.37. The van der Waals surface area contributed by atoms with Crippen molar-refractivity contribution in [2.24, 2.45) is 0 Å². The Labute approximate surface area is 126 Å². The lowest BCUT2D eigenvalue weighted by molar-refractivity contribution is -0.757. The Kier molecular flexibility index (Phi) is 8.19. The van der Waals surface area contributed by atoms with Gasteiger partial charge in [0.1, 0.15) is 6.61 Å². The van der Waals surface area contributed by atoms with Crippen LogP contribution in [0.1, 0.15) is 0 Å². The quantitative estimate of drug-likeness (QED) is 0.212. The van der Waals surface area contributed by atoms with Crippen molar-refractivity contribution in [3.63, 3.8) is 0 Å². The van der Waals surface area contributed by atoms with Crippen molar-refractivity contribution in [2.75, 3.05) is 26.0 Å². The smallest absolute Gasteiger partial charge is 0.294 e. The molecule has 1 amide bonds. The van der Waals surface area contributed by atoms with Gasteiger partial charge in [0.25, 0.3) is 21.1 Å². The minimum absolute atomic E-state index is 0.0789. The summed E-state index contributed by atoms with van der Waals surface area (Å²) in [7, 11) is -3.67. The third-order valence-electron chi connectivity index (χ3n) is 1.97. The van der Waals surface area contributed by atoms with Crippen LogP contribution in [-0.2, 0) is 19.8 Å². The molecule has 0 saturated carbocycles. The van der Waals surface area contributed by atoms with Crippen LogP contribution in [0.3, 0.4) is 0 Å². The molecule has 0 bridgehead atoms. The summed E-state index contributed by atoms with van der Waals surface area (Å²) in [5.41, 5.74) is 0.318. The van der Waals surface area contributed by atoms with E-state index >= 15 is 0 Å². The molecule has 0 unspecified atom stereocenters. The van der Waals surface area contributed by atoms with Gasteiger partial charge in [-0.3, -0.25) is 14.7 Å². The maximum Gasteiger partial charge on any atom is 0.294 e. The van der Waals surface area contributed by atoms with Crippen LogP contribution in [0.4, 0.5) is 0 Å². The number of carbonyl (C=O) groups excluding carboxylic acids is 1. The highest BCUT2D eigenvalue weighted by Crippen LogP contribution is 2.07. The Morgan fingerprint density at radius 3 is 2.77 bits per heavy atom. The molecular formula is C10H14N4O7S. The van der Waals surface area contributed by atoms with Gasteiger partial charge in [-0.2, -0.15) is 13.7 Å². The van der Waals surface area contributed by atoms with Crippen LogP contribution in [-0.4, -0.2) is 54.8 Å². The molecule has 22 heavy (non-hydrogen) atoms. The van der Waals surface area contributed by atoms with E-state index in [0.717, 1.165) is 0 Å². The summed E-state index contributed by atoms with van der Waals surface area (Å²) in [6.45, 7) is 0.740. The predicted molar refractivity (Wildman–Crippen MR) is 73.0 cm³/mol. The van der Waals surface area contributed by atoms with Crippen molar-refractivity contribution in [1.82, 2.24) is 10.2 Å². The van der Waals surface area contributed by atoms with Crippen molar-refractivity contribution < 1.29 is 27.7 Å². The molecule has 0 spiro atoms. The highest BCUT2D eigenvalue weighted by Gasteiger charge is 2.11. The molecule has 0 aliphatic carbocycles. The fraction of sp³-hybridized carbons (Fsp3) is 0.400. The summed E-state index contributed by atoms with van der Waals surface area (Å²) >= 11 is 0. The van der Waals surface area contributed by atoms with Gasteiger partial charge in [-0.25, -0.2) is 0 Å². The normalized spacial score (nSPS) is 13.1. The molecule has 0 aromatic carbocycles. The molecule has 122 valence electrons. The van der Waals surface area contributed by atoms with Crippen molar-refractivity contribution >= 4 is 16.0 Å². The lowest BCUT2D eigenvalue weighted by Crippen LogP contribution is -2.29. The van der Waals surface area contributed by atoms with Crippen LogP contribution in [0.5, 0.6) is 0 Å². The minimum atomic E-state index is -3.67. The fourth-order valence-electron chi connectivity index (χ4n) is 1.25. The van der Waals surface area contributed by atoms with Crippen molar-refractivity contribution in [2.45, 2.75) is 0 Å². The van der Waals surface area contributed by atoms with Crippen molar-refractivity contribution in [1.29, 1.82) is 5.26 Å². The van der Waals surface area contributed by atoms with Crippen molar-refractivity contribution in [3.05, 3.63) is 34.0 Å². The summed E-state index contributed by atoms with van der Waals surface area (Å²) in [4.78, 5) is 27.1. The summed E-state index contributed by atoms with van der Waals surface area (Å²) in [5.74, 6) is -0.511. The van der Waals surface area contributed by atoms with E-state index in [1.165, 1.54) is 12.4 Å². The van der Waals surface area contributed by atoms with Gasteiger partial charge in [0.05, 0.1) is 11.8 Å². The van der Waals surface area contributed by atoms with E-state index in [4.69, 9.17) is 9.81 Å². The van der Waals surface area contributed by atoms with E-state index in [9.17, 15) is 23.3 Å². The van der Waals surface area contributed by atoms with Crippen LogP contribution in [0.2, 0.25) is 0 Å². The molecule has 0 radical (unpaired) electrons. The zero-order valence-electron chi connectivity index (χ0n) is 11.5. The third kappa shape index (κ3) is 11.2. The molecule has 1 aliphatic rings. The molecule has 1 aliphatic heterocycles. The predicted octanol–water partition coefficient (Wildman–Crippen LogP) is -0.948. The second-order valence-electron chi connectivity index (χ2n) is 3.84. The van der Waals surface area contributed by atoms with Gasteiger partial charge in [-0.05, 0) is 0 Å². The monoisotopic (exact) mass is 334 g/mol. The van der Waals surface area contributed by atoms with E-state index in [1.54, 1.807) is 17.1 Å². The number of nitriles is 1. The zero-order chi connectivity index (χ0) is 17.2. The standard InChI is InChI=1S/C9H10N4O4.CH4O3S/c10-7-11-9(14)8-2-1-3-12(6-8)4-5-17-13(15)16;1-5(2,3)4/h1-2,6H,3-5H2,(H,11,14);1H3,(H,2,3,4). The first-order valence-electron chi connectivity index (χ1n) is 5.65. The van der Waals surface area contributed by atoms with Gasteiger partial charge in [0.15, 0.2) is 6.19 Å². The highest BCUT2D eigenvalue weighted by atomic mass is 32.2. The number of nitrogens with zero attached hydrogens (tertiary/aromatic N) is 3. The minimum Gasteiger partial charge on any atom is -0.371 e. The maximum atomic E-state index is 11.3. The Balaban J connectivity index is 0.000000763. The van der Waals surface area contributed by atoms with Gasteiger partial charge < -0.3 is 9.74 Å². The number of hydrogen-bond donors (Lipinski definition) is 2. The Morgan fingerprint density at radius 1 is 1.68 bits per heavy atom. The van der Waals surface area contributed by atoms with Gasteiger partial charge >= 0.3 is 0 Å². The van der Waals surface area contributed by atoms with E-state index in [-0.39, 0.29) is 13.2 Å². The van der Waals surface area contributed by atoms with Gasteiger partial charge in [-0.1, -0.05) is 12.2 Å². The molecule has 0 fully saturated rings. The Bertz CT molecular complexity index is 597. The fourth-order valence-corrected chi connectivity index (χ4v) is 1.25. The molecule has 1 heterocycles. The van der Waals surface area contributed by atoms with Gasteiger partial charge in [0.2, 0.25) is 0 Å². The first kappa shape index (κ1) is 19.4. The maximum absolute atomic E-state index is 11.3. The molecule has 2 N–H and O–H groups in total. The molecule has 0 aromatic rings. The summed E-state index contributed by atoms with van der Waals surface area (Å²) in [6, 6.07) is 0. The second kappa shape index (κ2) is 9.32. The Morgan fingerprint density at radius 2 is 2.27 bits per heavy atom.